The van der Waals surface area contributed by atoms with E-state index in [1.54, 1.807) is 6.20 Å². The van der Waals surface area contributed by atoms with E-state index < -0.39 is 41.8 Å². The van der Waals surface area contributed by atoms with Crippen LogP contribution in [-0.4, -0.2) is 109 Å². The zero-order valence-electron chi connectivity index (χ0n) is 31.0. The minimum atomic E-state index is -1.22. The molecule has 4 rings (SSSR count). The number of pyridine rings is 1. The van der Waals surface area contributed by atoms with Gasteiger partial charge in [0.2, 0.25) is 11.8 Å². The zero-order chi connectivity index (χ0) is 37.3. The predicted molar refractivity (Wildman–Crippen MR) is 199 cm³/mol. The van der Waals surface area contributed by atoms with Gasteiger partial charge in [-0.3, -0.25) is 29.3 Å². The van der Waals surface area contributed by atoms with Crippen LogP contribution in [0, 0.1) is 5.92 Å². The Hall–Kier alpha value is -3.91. The smallest absolute Gasteiger partial charge is 0.408 e. The number of carbonyl (C=O) groups excluding carboxylic acids is 2. The molecule has 1 saturated heterocycles. The standard InChI is InChI=1S/C38H55N7O5S/c1-25(2)33(45(37(49)50)21-29-24-51-36(40-29)26(3)4)35(48)41-30(18-27-12-9-8-10-13-27)32(46)23-44-17-16-43(20-28-14-11-15-39-19-28)22-31(44)34(47)42-38(5,6)7/h8-15,19,24-26,30-33,46H,16-18,20-23H2,1-7H3,(H,41,48)(H,42,47)(H,49,50)/t30-,31-,32-,33-/m0/s1. The van der Waals surface area contributed by atoms with Gasteiger partial charge in [0.1, 0.15) is 12.1 Å². The summed E-state index contributed by atoms with van der Waals surface area (Å²) in [5.41, 5.74) is 2.10. The fraction of sp³-hybridized carbons (Fsp3) is 0.553. The number of benzene rings is 1. The number of nitrogens with zero attached hydrogens (tertiary/aromatic N) is 5. The summed E-state index contributed by atoms with van der Waals surface area (Å²) in [5, 5.41) is 31.1. The van der Waals surface area contributed by atoms with Gasteiger partial charge in [-0.2, -0.15) is 0 Å². The van der Waals surface area contributed by atoms with Gasteiger partial charge in [-0.15, -0.1) is 11.3 Å². The Morgan fingerprint density at radius 3 is 2.33 bits per heavy atom. The fourth-order valence-electron chi connectivity index (χ4n) is 6.40. The maximum absolute atomic E-state index is 14.1. The third-order valence-corrected chi connectivity index (χ3v) is 10.1. The molecule has 3 amide bonds. The number of thiazole rings is 1. The van der Waals surface area contributed by atoms with E-state index in [-0.39, 0.29) is 30.8 Å². The van der Waals surface area contributed by atoms with Gasteiger partial charge >= 0.3 is 6.09 Å². The van der Waals surface area contributed by atoms with Crippen molar-refractivity contribution in [3.8, 4) is 0 Å². The zero-order valence-corrected chi connectivity index (χ0v) is 31.8. The molecule has 0 saturated carbocycles. The van der Waals surface area contributed by atoms with Crippen molar-refractivity contribution in [3.05, 3.63) is 82.1 Å². The Bertz CT molecular complexity index is 1560. The number of carbonyl (C=O) groups is 3. The lowest BCUT2D eigenvalue weighted by Crippen LogP contribution is -2.63. The first-order valence-electron chi connectivity index (χ1n) is 17.7. The molecule has 3 heterocycles. The molecule has 12 nitrogen and oxygen atoms in total. The van der Waals surface area contributed by atoms with E-state index in [1.807, 2.05) is 107 Å². The normalized spacial score (nSPS) is 17.6. The van der Waals surface area contributed by atoms with E-state index in [0.29, 0.717) is 38.3 Å². The third kappa shape index (κ3) is 11.8. The summed E-state index contributed by atoms with van der Waals surface area (Å²) in [4.78, 5) is 54.7. The highest BCUT2D eigenvalue weighted by Gasteiger charge is 2.38. The van der Waals surface area contributed by atoms with Crippen molar-refractivity contribution in [2.75, 3.05) is 26.2 Å². The molecular formula is C38H55N7O5S. The van der Waals surface area contributed by atoms with Gasteiger partial charge in [0.15, 0.2) is 0 Å². The van der Waals surface area contributed by atoms with Gasteiger partial charge in [-0.1, -0.05) is 64.1 Å². The number of aliphatic hydroxyl groups excluding tert-OH is 1. The van der Waals surface area contributed by atoms with Crippen molar-refractivity contribution >= 4 is 29.2 Å². The van der Waals surface area contributed by atoms with Crippen LogP contribution >= 0.6 is 11.3 Å². The number of β-amino-alcohol motifs (C(OH)–C–C–N with tert-alkyl or cyclic N) is 1. The molecule has 4 atom stereocenters. The molecule has 3 aromatic rings. The first kappa shape index (κ1) is 39.9. The molecule has 278 valence electrons. The number of carboxylic acid groups (broad SMARTS) is 1. The van der Waals surface area contributed by atoms with Gasteiger partial charge < -0.3 is 20.8 Å². The van der Waals surface area contributed by atoms with Crippen LogP contribution in [0.4, 0.5) is 4.79 Å². The number of rotatable bonds is 15. The first-order valence-corrected chi connectivity index (χ1v) is 18.6. The molecule has 1 aromatic carbocycles. The molecular weight excluding hydrogens is 667 g/mol. The van der Waals surface area contributed by atoms with E-state index in [1.165, 1.54) is 11.3 Å². The number of nitrogens with one attached hydrogen (secondary N) is 2. The highest BCUT2D eigenvalue weighted by atomic mass is 32.1. The molecule has 1 fully saturated rings. The van der Waals surface area contributed by atoms with Crippen LogP contribution in [-0.2, 0) is 29.1 Å². The van der Waals surface area contributed by atoms with Crippen molar-refractivity contribution in [1.82, 2.24) is 35.3 Å². The average Bonchev–Trinajstić information content (AvgIpc) is 3.54. The third-order valence-electron chi connectivity index (χ3n) is 8.89. The van der Waals surface area contributed by atoms with Crippen LogP contribution in [0.1, 0.15) is 76.2 Å². The van der Waals surface area contributed by atoms with Gasteiger partial charge in [0.25, 0.3) is 0 Å². The van der Waals surface area contributed by atoms with Gasteiger partial charge in [0, 0.05) is 62.0 Å². The Balaban J connectivity index is 1.56. The summed E-state index contributed by atoms with van der Waals surface area (Å²) >= 11 is 1.47. The lowest BCUT2D eigenvalue weighted by atomic mass is 9.97. The van der Waals surface area contributed by atoms with E-state index in [9.17, 15) is 24.6 Å². The molecule has 4 N–H and O–H groups in total. The monoisotopic (exact) mass is 721 g/mol. The van der Waals surface area contributed by atoms with Crippen LogP contribution in [0.5, 0.6) is 0 Å². The minimum Gasteiger partial charge on any atom is -0.465 e. The van der Waals surface area contributed by atoms with Gasteiger partial charge in [0.05, 0.1) is 29.4 Å². The SMILES string of the molecule is CC(C)c1nc(CN(C(=O)O)[C@H](C(=O)N[C@@H](Cc2ccccc2)[C@@H](O)CN2CCN(Cc3cccnc3)C[C@H]2C(=O)NC(C)(C)C)C(C)C)cs1. The highest BCUT2D eigenvalue weighted by molar-refractivity contribution is 7.09. The molecule has 0 unspecified atom stereocenters. The first-order chi connectivity index (χ1) is 24.1. The Labute approximate surface area is 306 Å². The number of aliphatic hydroxyl groups is 1. The molecule has 1 aliphatic heterocycles. The average molecular weight is 722 g/mol. The Morgan fingerprint density at radius 2 is 1.75 bits per heavy atom. The van der Waals surface area contributed by atoms with Gasteiger partial charge in [-0.25, -0.2) is 9.78 Å². The fourth-order valence-corrected chi connectivity index (χ4v) is 7.23. The molecule has 0 aliphatic carbocycles. The lowest BCUT2D eigenvalue weighted by Gasteiger charge is -2.43. The molecule has 51 heavy (non-hydrogen) atoms. The Kier molecular flexibility index (Phi) is 14.1. The maximum atomic E-state index is 14.1. The number of piperazine rings is 1. The summed E-state index contributed by atoms with van der Waals surface area (Å²) in [7, 11) is 0. The number of hydrogen-bond acceptors (Lipinski definition) is 9. The van der Waals surface area contributed by atoms with E-state index in [4.69, 9.17) is 0 Å². The minimum absolute atomic E-state index is 0.0331. The predicted octanol–water partition coefficient (Wildman–Crippen LogP) is 4.36. The highest BCUT2D eigenvalue weighted by Crippen LogP contribution is 2.23. The summed E-state index contributed by atoms with van der Waals surface area (Å²) < 4.78 is 0. The van der Waals surface area contributed by atoms with Crippen LogP contribution in [0.25, 0.3) is 0 Å². The molecule has 0 radical (unpaired) electrons. The number of amides is 3. The van der Waals surface area contributed by atoms with E-state index in [2.05, 4.69) is 25.5 Å². The maximum Gasteiger partial charge on any atom is 0.408 e. The molecule has 13 heteroatoms. The molecule has 1 aliphatic rings. The van der Waals surface area contributed by atoms with Crippen molar-refractivity contribution in [1.29, 1.82) is 0 Å². The second-order valence-electron chi connectivity index (χ2n) is 15.1. The Morgan fingerprint density at radius 1 is 1.04 bits per heavy atom. The quantitative estimate of drug-likeness (QED) is 0.180. The second-order valence-corrected chi connectivity index (χ2v) is 16.0. The summed E-state index contributed by atoms with van der Waals surface area (Å²) in [6.07, 6.45) is 1.59. The summed E-state index contributed by atoms with van der Waals surface area (Å²) in [6.45, 7) is 15.9. The number of hydrogen-bond donors (Lipinski definition) is 4. The largest absolute Gasteiger partial charge is 0.465 e. The van der Waals surface area contributed by atoms with E-state index in [0.717, 1.165) is 21.0 Å². The topological polar surface area (TPSA) is 151 Å². The lowest BCUT2D eigenvalue weighted by molar-refractivity contribution is -0.133. The molecule has 0 bridgehead atoms. The van der Waals surface area contributed by atoms with Crippen LogP contribution in [0.2, 0.25) is 0 Å². The summed E-state index contributed by atoms with van der Waals surface area (Å²) in [5.74, 6) is -0.782. The van der Waals surface area contributed by atoms with Crippen molar-refractivity contribution in [2.24, 2.45) is 5.92 Å². The molecule has 0 spiro atoms. The second kappa shape index (κ2) is 18.0. The van der Waals surface area contributed by atoms with Crippen molar-refractivity contribution < 1.29 is 24.6 Å². The van der Waals surface area contributed by atoms with Crippen molar-refractivity contribution in [2.45, 2.75) is 104 Å². The van der Waals surface area contributed by atoms with Crippen LogP contribution < -0.4 is 10.6 Å². The van der Waals surface area contributed by atoms with Gasteiger partial charge in [-0.05, 0) is 50.3 Å². The van der Waals surface area contributed by atoms with E-state index >= 15 is 0 Å². The summed E-state index contributed by atoms with van der Waals surface area (Å²) in [6, 6.07) is 11.1. The van der Waals surface area contributed by atoms with Crippen LogP contribution in [0.15, 0.2) is 60.2 Å². The van der Waals surface area contributed by atoms with Crippen molar-refractivity contribution in [3.63, 3.8) is 0 Å². The molecule has 2 aromatic heterocycles. The number of aromatic nitrogens is 2. The van der Waals surface area contributed by atoms with Crippen LogP contribution in [0.3, 0.4) is 0 Å².